The Balaban J connectivity index is 1.52. The van der Waals surface area contributed by atoms with E-state index in [9.17, 15) is 9.90 Å². The first-order chi connectivity index (χ1) is 9.67. The Labute approximate surface area is 117 Å². The Morgan fingerprint density at radius 1 is 1.40 bits per heavy atom. The summed E-state index contributed by atoms with van der Waals surface area (Å²) < 4.78 is 10.3. The molecule has 1 atom stereocenters. The Morgan fingerprint density at radius 3 is 2.65 bits per heavy atom. The molecule has 1 unspecified atom stereocenters. The lowest BCUT2D eigenvalue weighted by molar-refractivity contribution is -0.196. The monoisotopic (exact) mass is 277 g/mol. The van der Waals surface area contributed by atoms with Gasteiger partial charge in [-0.3, -0.25) is 0 Å². The van der Waals surface area contributed by atoms with Gasteiger partial charge in [-0.2, -0.15) is 0 Å². The van der Waals surface area contributed by atoms with Gasteiger partial charge in [-0.25, -0.2) is 4.79 Å². The summed E-state index contributed by atoms with van der Waals surface area (Å²) in [6, 6.07) is 9.26. The van der Waals surface area contributed by atoms with Gasteiger partial charge in [-0.05, 0) is 24.3 Å². The molecule has 3 rings (SSSR count). The molecule has 0 bridgehead atoms. The number of hydrogen-bond donors (Lipinski definition) is 2. The fourth-order valence-electron chi connectivity index (χ4n) is 2.50. The fraction of sp³-hybridized carbons (Fsp3) is 0.533. The minimum atomic E-state index is -0.924. The lowest BCUT2D eigenvalue weighted by Gasteiger charge is -2.42. The maximum Gasteiger partial charge on any atom is 0.407 e. The second-order valence-corrected chi connectivity index (χ2v) is 5.62. The largest absolute Gasteiger partial charge is 0.445 e. The van der Waals surface area contributed by atoms with Crippen molar-refractivity contribution in [2.75, 3.05) is 13.2 Å². The fourth-order valence-corrected chi connectivity index (χ4v) is 2.50. The molecular formula is C15H19NO4. The summed E-state index contributed by atoms with van der Waals surface area (Å²) >= 11 is 0. The van der Waals surface area contributed by atoms with Gasteiger partial charge in [-0.15, -0.1) is 0 Å². The maximum atomic E-state index is 11.9. The number of aliphatic hydroxyl groups is 1. The van der Waals surface area contributed by atoms with E-state index in [-0.39, 0.29) is 25.9 Å². The third-order valence-corrected chi connectivity index (χ3v) is 3.86. The highest BCUT2D eigenvalue weighted by atomic mass is 16.6. The van der Waals surface area contributed by atoms with Crippen LogP contribution in [0.3, 0.4) is 0 Å². The van der Waals surface area contributed by atoms with Crippen LogP contribution < -0.4 is 5.32 Å². The molecule has 5 heteroatoms. The maximum absolute atomic E-state index is 11.9. The van der Waals surface area contributed by atoms with E-state index in [1.54, 1.807) is 0 Å². The quantitative estimate of drug-likeness (QED) is 0.855. The summed E-state index contributed by atoms with van der Waals surface area (Å²) in [4.78, 5) is 11.9. The molecule has 108 valence electrons. The summed E-state index contributed by atoms with van der Waals surface area (Å²) in [6.07, 6.45) is 1.59. The Bertz CT molecular complexity index is 468. The Morgan fingerprint density at radius 2 is 2.10 bits per heavy atom. The van der Waals surface area contributed by atoms with Crippen molar-refractivity contribution in [1.29, 1.82) is 0 Å². The van der Waals surface area contributed by atoms with Crippen LogP contribution in [0.15, 0.2) is 30.3 Å². The number of nitrogens with one attached hydrogen (secondary N) is 1. The van der Waals surface area contributed by atoms with Crippen molar-refractivity contribution >= 4 is 6.09 Å². The molecule has 1 aromatic carbocycles. The predicted molar refractivity (Wildman–Crippen MR) is 72.0 cm³/mol. The number of amides is 1. The first-order valence-corrected chi connectivity index (χ1v) is 6.95. The van der Waals surface area contributed by atoms with Gasteiger partial charge in [0.25, 0.3) is 0 Å². The second-order valence-electron chi connectivity index (χ2n) is 5.62. The molecule has 2 N–H and O–H groups in total. The minimum Gasteiger partial charge on any atom is -0.445 e. The second kappa shape index (κ2) is 5.42. The zero-order valence-electron chi connectivity index (χ0n) is 11.2. The topological polar surface area (TPSA) is 67.8 Å². The van der Waals surface area contributed by atoms with Crippen LogP contribution in [-0.2, 0) is 16.1 Å². The number of hydrogen-bond acceptors (Lipinski definition) is 4. The molecule has 1 aliphatic heterocycles. The third kappa shape index (κ3) is 2.94. The summed E-state index contributed by atoms with van der Waals surface area (Å²) in [5.41, 5.74) is 0.0174. The first-order valence-electron chi connectivity index (χ1n) is 6.95. The molecule has 1 saturated heterocycles. The zero-order chi connectivity index (χ0) is 14.0. The molecular weight excluding hydrogens is 258 g/mol. The van der Waals surface area contributed by atoms with E-state index in [2.05, 4.69) is 5.32 Å². The Kier molecular flexibility index (Phi) is 3.63. The number of ether oxygens (including phenoxy) is 2. The van der Waals surface area contributed by atoms with E-state index < -0.39 is 11.7 Å². The summed E-state index contributed by atoms with van der Waals surface area (Å²) in [6.45, 7) is 0.805. The van der Waals surface area contributed by atoms with Crippen molar-refractivity contribution in [3.8, 4) is 0 Å². The van der Waals surface area contributed by atoms with Gasteiger partial charge in [0.1, 0.15) is 12.2 Å². The van der Waals surface area contributed by atoms with Crippen LogP contribution >= 0.6 is 0 Å². The molecule has 1 amide bonds. The van der Waals surface area contributed by atoms with E-state index in [0.717, 1.165) is 18.4 Å². The van der Waals surface area contributed by atoms with Gasteiger partial charge >= 0.3 is 6.09 Å². The minimum absolute atomic E-state index is 0.235. The van der Waals surface area contributed by atoms with E-state index in [1.165, 1.54) is 0 Å². The zero-order valence-corrected chi connectivity index (χ0v) is 11.2. The van der Waals surface area contributed by atoms with E-state index in [0.29, 0.717) is 5.92 Å². The Hall–Kier alpha value is -1.59. The van der Waals surface area contributed by atoms with E-state index >= 15 is 0 Å². The summed E-state index contributed by atoms with van der Waals surface area (Å²) in [7, 11) is 0. The van der Waals surface area contributed by atoms with Crippen LogP contribution in [0.25, 0.3) is 0 Å². The molecule has 1 aliphatic carbocycles. The molecule has 1 heterocycles. The van der Waals surface area contributed by atoms with Crippen molar-refractivity contribution in [3.05, 3.63) is 35.9 Å². The molecule has 1 aromatic rings. The highest BCUT2D eigenvalue weighted by molar-refractivity contribution is 5.68. The van der Waals surface area contributed by atoms with Gasteiger partial charge in [0.2, 0.25) is 0 Å². The van der Waals surface area contributed by atoms with Gasteiger partial charge in [0, 0.05) is 0 Å². The average molecular weight is 277 g/mol. The van der Waals surface area contributed by atoms with Crippen LogP contribution in [0.5, 0.6) is 0 Å². The molecule has 0 aromatic heterocycles. The van der Waals surface area contributed by atoms with Gasteiger partial charge in [0.05, 0.1) is 19.3 Å². The molecule has 20 heavy (non-hydrogen) atoms. The molecule has 2 aliphatic rings. The predicted octanol–water partition coefficient (Wildman–Crippen LogP) is 1.45. The lowest BCUT2D eigenvalue weighted by atomic mass is 9.89. The van der Waals surface area contributed by atoms with Crippen molar-refractivity contribution in [3.63, 3.8) is 0 Å². The third-order valence-electron chi connectivity index (χ3n) is 3.86. The number of rotatable bonds is 5. The highest BCUT2D eigenvalue weighted by Crippen LogP contribution is 2.39. The molecule has 0 radical (unpaired) electrons. The van der Waals surface area contributed by atoms with E-state index in [1.807, 2.05) is 30.3 Å². The number of carbonyl (C=O) groups excluding carboxylic acids is 1. The van der Waals surface area contributed by atoms with Gasteiger partial charge in [0.15, 0.2) is 0 Å². The highest BCUT2D eigenvalue weighted by Gasteiger charge is 2.51. The van der Waals surface area contributed by atoms with Crippen LogP contribution in [0.2, 0.25) is 0 Å². The standard InChI is InChI=1S/C15H19NO4/c17-14(20-8-11-4-2-1-3-5-11)16-13(12-6-7-12)15(18)9-19-10-15/h1-5,12-13,18H,6-10H2,(H,16,17). The molecule has 0 spiro atoms. The molecule has 1 saturated carbocycles. The molecule has 5 nitrogen and oxygen atoms in total. The summed E-state index contributed by atoms with van der Waals surface area (Å²) in [5, 5.41) is 13.1. The lowest BCUT2D eigenvalue weighted by Crippen LogP contribution is -2.64. The smallest absolute Gasteiger partial charge is 0.407 e. The van der Waals surface area contributed by atoms with Gasteiger partial charge < -0.3 is 19.9 Å². The SMILES string of the molecule is O=C(NC(C1CC1)C1(O)COC1)OCc1ccccc1. The van der Waals surface area contributed by atoms with Crippen molar-refractivity contribution in [2.24, 2.45) is 5.92 Å². The number of benzene rings is 1. The van der Waals surface area contributed by atoms with Crippen molar-refractivity contribution < 1.29 is 19.4 Å². The van der Waals surface area contributed by atoms with Crippen LogP contribution in [-0.4, -0.2) is 36.1 Å². The molecule has 2 fully saturated rings. The first kappa shape index (κ1) is 13.4. The van der Waals surface area contributed by atoms with Gasteiger partial charge in [-0.1, -0.05) is 30.3 Å². The van der Waals surface area contributed by atoms with Crippen LogP contribution in [0.4, 0.5) is 4.79 Å². The van der Waals surface area contributed by atoms with Crippen LogP contribution in [0, 0.1) is 5.92 Å². The van der Waals surface area contributed by atoms with Crippen molar-refractivity contribution in [1.82, 2.24) is 5.32 Å². The normalized spacial score (nSPS) is 21.6. The number of alkyl carbamates (subject to hydrolysis) is 1. The van der Waals surface area contributed by atoms with Crippen molar-refractivity contribution in [2.45, 2.75) is 31.1 Å². The van der Waals surface area contributed by atoms with Crippen LogP contribution in [0.1, 0.15) is 18.4 Å². The number of carbonyl (C=O) groups is 1. The van der Waals surface area contributed by atoms with E-state index in [4.69, 9.17) is 9.47 Å². The summed E-state index contributed by atoms with van der Waals surface area (Å²) in [5.74, 6) is 0.341. The average Bonchev–Trinajstić information content (AvgIpc) is 3.25.